The van der Waals surface area contributed by atoms with E-state index in [-0.39, 0.29) is 6.04 Å². The summed E-state index contributed by atoms with van der Waals surface area (Å²) in [6.07, 6.45) is 2.74. The molecule has 0 spiro atoms. The molecule has 1 atom stereocenters. The lowest BCUT2D eigenvalue weighted by Crippen LogP contribution is -2.33. The first-order valence-corrected chi connectivity index (χ1v) is 6.44. The van der Waals surface area contributed by atoms with E-state index in [9.17, 15) is 0 Å². The van der Waals surface area contributed by atoms with Crippen molar-refractivity contribution in [3.05, 3.63) is 36.5 Å². The number of ether oxygens (including phenoxy) is 1. The Hall–Kier alpha value is -2.12. The van der Waals surface area contributed by atoms with E-state index in [0.717, 1.165) is 29.6 Å². The Morgan fingerprint density at radius 1 is 1.37 bits per heavy atom. The van der Waals surface area contributed by atoms with Crippen molar-refractivity contribution in [2.24, 2.45) is 0 Å². The number of nitrogens with one attached hydrogen (secondary N) is 1. The molecule has 4 nitrogen and oxygen atoms in total. The molecule has 0 amide bonds. The topological polar surface area (TPSA) is 57.9 Å². The maximum absolute atomic E-state index is 9.04. The van der Waals surface area contributed by atoms with Crippen LogP contribution in [0.25, 0.3) is 10.9 Å². The lowest BCUT2D eigenvalue weighted by molar-refractivity contribution is 0.292. The summed E-state index contributed by atoms with van der Waals surface area (Å²) in [5.41, 5.74) is 0.831. The van der Waals surface area contributed by atoms with Gasteiger partial charge in [-0.1, -0.05) is 25.1 Å². The van der Waals surface area contributed by atoms with Gasteiger partial charge in [-0.15, -0.1) is 0 Å². The van der Waals surface area contributed by atoms with Gasteiger partial charge in [0, 0.05) is 11.6 Å². The summed E-state index contributed by atoms with van der Waals surface area (Å²) in [7, 11) is 0. The van der Waals surface area contributed by atoms with E-state index in [1.54, 1.807) is 6.20 Å². The monoisotopic (exact) mass is 255 g/mol. The van der Waals surface area contributed by atoms with Gasteiger partial charge >= 0.3 is 0 Å². The number of nitriles is 1. The number of aromatic nitrogens is 1. The average Bonchev–Trinajstić information content (AvgIpc) is 2.47. The minimum Gasteiger partial charge on any atom is -0.489 e. The van der Waals surface area contributed by atoms with Gasteiger partial charge < -0.3 is 4.74 Å². The van der Waals surface area contributed by atoms with Crippen molar-refractivity contribution in [3.63, 3.8) is 0 Å². The molecule has 4 heteroatoms. The molecule has 2 aromatic rings. The van der Waals surface area contributed by atoms with Crippen LogP contribution in [0.2, 0.25) is 0 Å². The van der Waals surface area contributed by atoms with Crippen molar-refractivity contribution in [3.8, 4) is 11.8 Å². The molecular formula is C15H17N3O. The zero-order valence-electron chi connectivity index (χ0n) is 11.0. The molecule has 0 aliphatic carbocycles. The molecule has 1 aromatic carbocycles. The van der Waals surface area contributed by atoms with E-state index in [1.807, 2.05) is 30.3 Å². The second-order valence-electron chi connectivity index (χ2n) is 4.28. The molecular weight excluding hydrogens is 238 g/mol. The first-order chi connectivity index (χ1) is 9.35. The molecule has 0 bridgehead atoms. The Balaban J connectivity index is 2.07. The van der Waals surface area contributed by atoms with E-state index in [4.69, 9.17) is 10.00 Å². The highest BCUT2D eigenvalue weighted by molar-refractivity contribution is 5.84. The second-order valence-corrected chi connectivity index (χ2v) is 4.28. The van der Waals surface area contributed by atoms with Crippen LogP contribution in [0.5, 0.6) is 5.75 Å². The van der Waals surface area contributed by atoms with Crippen molar-refractivity contribution in [1.29, 1.82) is 5.26 Å². The van der Waals surface area contributed by atoms with Crippen LogP contribution in [0.3, 0.4) is 0 Å². The van der Waals surface area contributed by atoms with Gasteiger partial charge in [0.2, 0.25) is 0 Å². The zero-order valence-corrected chi connectivity index (χ0v) is 11.0. The summed E-state index contributed by atoms with van der Waals surface area (Å²) in [5, 5.41) is 13.2. The smallest absolute Gasteiger partial charge is 0.145 e. The van der Waals surface area contributed by atoms with Gasteiger partial charge in [-0.3, -0.25) is 10.3 Å². The number of nitrogens with zero attached hydrogens (tertiary/aromatic N) is 2. The molecule has 0 saturated heterocycles. The first kappa shape index (κ1) is 13.3. The Morgan fingerprint density at radius 2 is 2.21 bits per heavy atom. The summed E-state index contributed by atoms with van der Waals surface area (Å²) < 4.78 is 5.72. The molecule has 0 aliphatic rings. The van der Waals surface area contributed by atoms with E-state index >= 15 is 0 Å². The van der Waals surface area contributed by atoms with Crippen LogP contribution in [0.4, 0.5) is 0 Å². The molecule has 1 N–H and O–H groups in total. The molecule has 0 saturated carbocycles. The fourth-order valence-corrected chi connectivity index (χ4v) is 1.83. The summed E-state index contributed by atoms with van der Waals surface area (Å²) in [6, 6.07) is 11.6. The zero-order chi connectivity index (χ0) is 13.5. The van der Waals surface area contributed by atoms with E-state index in [0.29, 0.717) is 6.61 Å². The number of rotatable bonds is 6. The number of hydrogen-bond donors (Lipinski definition) is 1. The highest BCUT2D eigenvalue weighted by Gasteiger charge is 2.08. The number of fused-ring (bicyclic) bond motifs is 1. The van der Waals surface area contributed by atoms with Crippen LogP contribution in [0, 0.1) is 11.3 Å². The molecule has 1 aromatic heterocycles. The van der Waals surface area contributed by atoms with Crippen molar-refractivity contribution >= 4 is 10.9 Å². The first-order valence-electron chi connectivity index (χ1n) is 6.44. The number of hydrogen-bond acceptors (Lipinski definition) is 4. The minimum atomic E-state index is -0.293. The minimum absolute atomic E-state index is 0.293. The van der Waals surface area contributed by atoms with Crippen LogP contribution in [-0.2, 0) is 0 Å². The normalized spacial score (nSPS) is 12.0. The summed E-state index contributed by atoms with van der Waals surface area (Å²) in [5.74, 6) is 0.719. The molecule has 1 unspecified atom stereocenters. The van der Waals surface area contributed by atoms with Crippen molar-refractivity contribution in [1.82, 2.24) is 10.3 Å². The lowest BCUT2D eigenvalue weighted by atomic mass is 10.2. The third kappa shape index (κ3) is 3.43. The fourth-order valence-electron chi connectivity index (χ4n) is 1.83. The fraction of sp³-hybridized carbons (Fsp3) is 0.333. The van der Waals surface area contributed by atoms with Gasteiger partial charge in [-0.2, -0.15) is 5.26 Å². The van der Waals surface area contributed by atoms with Crippen LogP contribution in [0.15, 0.2) is 36.5 Å². The molecule has 1 heterocycles. The quantitative estimate of drug-likeness (QED) is 0.861. The number of benzene rings is 1. The Bertz CT molecular complexity index is 572. The van der Waals surface area contributed by atoms with Crippen LogP contribution in [-0.4, -0.2) is 24.2 Å². The second kappa shape index (κ2) is 6.72. The van der Waals surface area contributed by atoms with Crippen molar-refractivity contribution in [2.45, 2.75) is 19.4 Å². The van der Waals surface area contributed by atoms with Gasteiger partial charge in [0.15, 0.2) is 0 Å². The largest absolute Gasteiger partial charge is 0.489 e. The third-order valence-electron chi connectivity index (χ3n) is 2.80. The Labute approximate surface area is 113 Å². The predicted molar refractivity (Wildman–Crippen MR) is 74.9 cm³/mol. The van der Waals surface area contributed by atoms with Gasteiger partial charge in [-0.05, 0) is 25.1 Å². The predicted octanol–water partition coefficient (Wildman–Crippen LogP) is 2.51. The highest BCUT2D eigenvalue weighted by atomic mass is 16.5. The highest BCUT2D eigenvalue weighted by Crippen LogP contribution is 2.22. The number of pyridine rings is 1. The summed E-state index contributed by atoms with van der Waals surface area (Å²) >= 11 is 0. The lowest BCUT2D eigenvalue weighted by Gasteiger charge is -2.13. The Morgan fingerprint density at radius 3 is 3.00 bits per heavy atom. The summed E-state index contributed by atoms with van der Waals surface area (Å²) in [4.78, 5) is 4.32. The van der Waals surface area contributed by atoms with Gasteiger partial charge in [-0.25, -0.2) is 0 Å². The molecule has 98 valence electrons. The van der Waals surface area contributed by atoms with Crippen LogP contribution >= 0.6 is 0 Å². The molecule has 0 fully saturated rings. The van der Waals surface area contributed by atoms with E-state index in [2.05, 4.69) is 23.3 Å². The van der Waals surface area contributed by atoms with Gasteiger partial charge in [0.05, 0.1) is 6.07 Å². The molecule has 0 aliphatic heterocycles. The van der Waals surface area contributed by atoms with E-state index in [1.165, 1.54) is 0 Å². The standard InChI is InChI=1S/C15H17N3O/c1-2-8-17-13(10-16)11-19-14-7-3-5-12-6-4-9-18-15(12)14/h3-7,9,13,17H,2,8,11H2,1H3. The summed E-state index contributed by atoms with van der Waals surface area (Å²) in [6.45, 7) is 3.21. The van der Waals surface area contributed by atoms with Gasteiger partial charge in [0.1, 0.15) is 23.9 Å². The molecule has 0 radical (unpaired) electrons. The van der Waals surface area contributed by atoms with Crippen LogP contribution in [0.1, 0.15) is 13.3 Å². The average molecular weight is 255 g/mol. The molecule has 19 heavy (non-hydrogen) atoms. The number of para-hydroxylation sites is 1. The maximum Gasteiger partial charge on any atom is 0.145 e. The van der Waals surface area contributed by atoms with Crippen molar-refractivity contribution in [2.75, 3.05) is 13.2 Å². The third-order valence-corrected chi connectivity index (χ3v) is 2.80. The molecule has 2 rings (SSSR count). The Kier molecular flexibility index (Phi) is 4.71. The maximum atomic E-state index is 9.04. The van der Waals surface area contributed by atoms with E-state index < -0.39 is 0 Å². The van der Waals surface area contributed by atoms with Crippen molar-refractivity contribution < 1.29 is 4.74 Å². The van der Waals surface area contributed by atoms with Gasteiger partial charge in [0.25, 0.3) is 0 Å². The van der Waals surface area contributed by atoms with Crippen LogP contribution < -0.4 is 10.1 Å². The SMILES string of the molecule is CCCNC(C#N)COc1cccc2cccnc12.